The summed E-state index contributed by atoms with van der Waals surface area (Å²) in [5.41, 5.74) is 0. The number of hydrogen-bond acceptors (Lipinski definition) is 5. The number of aromatic nitrogens is 2. The molecule has 0 unspecified atom stereocenters. The van der Waals surface area contributed by atoms with Crippen LogP contribution in [-0.4, -0.2) is 39.2 Å². The summed E-state index contributed by atoms with van der Waals surface area (Å²) in [7, 11) is 0. The van der Waals surface area contributed by atoms with E-state index in [0.717, 1.165) is 44.6 Å². The quantitative estimate of drug-likeness (QED) is 0.845. The SMILES string of the molecule is CCc1noc(CN2CCC(CCC(=O)O)CC2)n1. The van der Waals surface area contributed by atoms with Crippen LogP contribution in [0.5, 0.6) is 0 Å². The van der Waals surface area contributed by atoms with Crippen molar-refractivity contribution in [2.75, 3.05) is 13.1 Å². The maximum atomic E-state index is 10.5. The first kappa shape index (κ1) is 14.0. The van der Waals surface area contributed by atoms with E-state index in [1.165, 1.54) is 0 Å². The lowest BCUT2D eigenvalue weighted by atomic mass is 9.92. The van der Waals surface area contributed by atoms with E-state index in [1.54, 1.807) is 0 Å². The lowest BCUT2D eigenvalue weighted by Gasteiger charge is -2.30. The molecule has 0 amide bonds. The summed E-state index contributed by atoms with van der Waals surface area (Å²) in [5.74, 6) is 1.29. The molecule has 1 aromatic rings. The van der Waals surface area contributed by atoms with Crippen LogP contribution in [0.3, 0.4) is 0 Å². The number of nitrogens with zero attached hydrogens (tertiary/aromatic N) is 3. The van der Waals surface area contributed by atoms with Gasteiger partial charge in [0.15, 0.2) is 5.82 Å². The third-order valence-corrected chi connectivity index (χ3v) is 3.66. The van der Waals surface area contributed by atoms with Crippen molar-refractivity contribution in [3.8, 4) is 0 Å². The Hall–Kier alpha value is -1.43. The lowest BCUT2D eigenvalue weighted by molar-refractivity contribution is -0.137. The second kappa shape index (κ2) is 6.65. The Morgan fingerprint density at radius 2 is 2.21 bits per heavy atom. The molecule has 1 aliphatic heterocycles. The van der Waals surface area contributed by atoms with Gasteiger partial charge >= 0.3 is 5.97 Å². The highest BCUT2D eigenvalue weighted by molar-refractivity contribution is 5.66. The van der Waals surface area contributed by atoms with Gasteiger partial charge < -0.3 is 9.63 Å². The van der Waals surface area contributed by atoms with Gasteiger partial charge in [-0.1, -0.05) is 12.1 Å². The van der Waals surface area contributed by atoms with Crippen LogP contribution < -0.4 is 0 Å². The molecule has 2 heterocycles. The number of aliphatic carboxylic acids is 1. The molecule has 106 valence electrons. The highest BCUT2D eigenvalue weighted by Crippen LogP contribution is 2.22. The molecule has 1 aliphatic rings. The van der Waals surface area contributed by atoms with Crippen LogP contribution in [-0.2, 0) is 17.8 Å². The summed E-state index contributed by atoms with van der Waals surface area (Å²) in [4.78, 5) is 17.1. The van der Waals surface area contributed by atoms with E-state index in [0.29, 0.717) is 18.4 Å². The Balaban J connectivity index is 1.72. The smallest absolute Gasteiger partial charge is 0.303 e. The maximum absolute atomic E-state index is 10.5. The number of carboxylic acid groups (broad SMARTS) is 1. The van der Waals surface area contributed by atoms with Crippen molar-refractivity contribution in [1.29, 1.82) is 0 Å². The van der Waals surface area contributed by atoms with Gasteiger partial charge in [0.05, 0.1) is 6.54 Å². The van der Waals surface area contributed by atoms with Gasteiger partial charge in [-0.15, -0.1) is 0 Å². The van der Waals surface area contributed by atoms with Gasteiger partial charge in [0.2, 0.25) is 5.89 Å². The molecule has 2 rings (SSSR count). The maximum Gasteiger partial charge on any atom is 0.303 e. The predicted octanol–water partition coefficient (Wildman–Crippen LogP) is 1.71. The van der Waals surface area contributed by atoms with Crippen LogP contribution in [0.4, 0.5) is 0 Å². The van der Waals surface area contributed by atoms with Gasteiger partial charge in [-0.2, -0.15) is 4.98 Å². The molecule has 0 saturated carbocycles. The van der Waals surface area contributed by atoms with Crippen LogP contribution in [0.25, 0.3) is 0 Å². The van der Waals surface area contributed by atoms with Gasteiger partial charge in [0.25, 0.3) is 0 Å². The molecule has 1 N–H and O–H groups in total. The molecular formula is C13H21N3O3. The summed E-state index contributed by atoms with van der Waals surface area (Å²) >= 11 is 0. The van der Waals surface area contributed by atoms with Crippen LogP contribution in [0.1, 0.15) is 44.3 Å². The van der Waals surface area contributed by atoms with Crippen molar-refractivity contribution < 1.29 is 14.4 Å². The molecular weight excluding hydrogens is 246 g/mol. The van der Waals surface area contributed by atoms with E-state index >= 15 is 0 Å². The van der Waals surface area contributed by atoms with Crippen LogP contribution in [0, 0.1) is 5.92 Å². The molecule has 0 aromatic carbocycles. The van der Waals surface area contributed by atoms with Crippen LogP contribution >= 0.6 is 0 Å². The van der Waals surface area contributed by atoms with Crippen molar-refractivity contribution >= 4 is 5.97 Å². The highest BCUT2D eigenvalue weighted by atomic mass is 16.5. The Kier molecular flexibility index (Phi) is 4.90. The Morgan fingerprint density at radius 1 is 1.47 bits per heavy atom. The summed E-state index contributed by atoms with van der Waals surface area (Å²) < 4.78 is 5.18. The molecule has 0 aliphatic carbocycles. The number of likely N-dealkylation sites (tertiary alicyclic amines) is 1. The molecule has 0 spiro atoms. The van der Waals surface area contributed by atoms with Gasteiger partial charge in [0, 0.05) is 12.8 Å². The zero-order chi connectivity index (χ0) is 13.7. The zero-order valence-electron chi connectivity index (χ0n) is 11.3. The first-order valence-corrected chi connectivity index (χ1v) is 6.93. The third-order valence-electron chi connectivity index (χ3n) is 3.66. The van der Waals surface area contributed by atoms with Crippen molar-refractivity contribution in [2.24, 2.45) is 5.92 Å². The number of rotatable bonds is 6. The molecule has 19 heavy (non-hydrogen) atoms. The average Bonchev–Trinajstić information content (AvgIpc) is 2.85. The Morgan fingerprint density at radius 3 is 2.79 bits per heavy atom. The molecule has 6 heteroatoms. The summed E-state index contributed by atoms with van der Waals surface area (Å²) in [6.45, 7) is 4.67. The Bertz CT molecular complexity index is 411. The average molecular weight is 267 g/mol. The number of carbonyl (C=O) groups is 1. The highest BCUT2D eigenvalue weighted by Gasteiger charge is 2.21. The van der Waals surface area contributed by atoms with Crippen molar-refractivity contribution in [3.63, 3.8) is 0 Å². The molecule has 0 bridgehead atoms. The lowest BCUT2D eigenvalue weighted by Crippen LogP contribution is -2.33. The number of carboxylic acids is 1. The van der Waals surface area contributed by atoms with Crippen molar-refractivity contribution in [2.45, 2.75) is 45.6 Å². The minimum atomic E-state index is -0.694. The fourth-order valence-electron chi connectivity index (χ4n) is 2.45. The summed E-state index contributed by atoms with van der Waals surface area (Å²) in [6, 6.07) is 0. The number of hydrogen-bond donors (Lipinski definition) is 1. The van der Waals surface area contributed by atoms with Crippen molar-refractivity contribution in [3.05, 3.63) is 11.7 Å². The fraction of sp³-hybridized carbons (Fsp3) is 0.769. The zero-order valence-corrected chi connectivity index (χ0v) is 11.3. The van der Waals surface area contributed by atoms with E-state index in [2.05, 4.69) is 15.0 Å². The molecule has 1 aromatic heterocycles. The summed E-state index contributed by atoms with van der Waals surface area (Å²) in [6.07, 6.45) is 3.99. The minimum Gasteiger partial charge on any atom is -0.481 e. The van der Waals surface area contributed by atoms with Gasteiger partial charge in [-0.05, 0) is 38.3 Å². The van der Waals surface area contributed by atoms with E-state index < -0.39 is 5.97 Å². The van der Waals surface area contributed by atoms with Gasteiger partial charge in [-0.3, -0.25) is 9.69 Å². The van der Waals surface area contributed by atoms with E-state index in [1.807, 2.05) is 6.92 Å². The monoisotopic (exact) mass is 267 g/mol. The van der Waals surface area contributed by atoms with Crippen LogP contribution in [0.15, 0.2) is 4.52 Å². The van der Waals surface area contributed by atoms with E-state index in [-0.39, 0.29) is 6.42 Å². The van der Waals surface area contributed by atoms with Crippen molar-refractivity contribution in [1.82, 2.24) is 15.0 Å². The Labute approximate surface area is 112 Å². The van der Waals surface area contributed by atoms with Crippen LogP contribution in [0.2, 0.25) is 0 Å². The minimum absolute atomic E-state index is 0.286. The van der Waals surface area contributed by atoms with E-state index in [9.17, 15) is 4.79 Å². The molecule has 1 saturated heterocycles. The standard InChI is InChI=1S/C13H21N3O3/c1-2-11-14-12(19-15-11)9-16-7-5-10(6-8-16)3-4-13(17)18/h10H,2-9H2,1H3,(H,17,18). The molecule has 0 radical (unpaired) electrons. The van der Waals surface area contributed by atoms with Gasteiger partial charge in [-0.25, -0.2) is 0 Å². The molecule has 6 nitrogen and oxygen atoms in total. The van der Waals surface area contributed by atoms with E-state index in [4.69, 9.17) is 9.63 Å². The third kappa shape index (κ3) is 4.31. The first-order valence-electron chi connectivity index (χ1n) is 6.93. The number of piperidine rings is 1. The summed E-state index contributed by atoms with van der Waals surface area (Å²) in [5, 5.41) is 12.6. The van der Waals surface area contributed by atoms with Gasteiger partial charge in [0.1, 0.15) is 0 Å². The topological polar surface area (TPSA) is 79.5 Å². The normalized spacial score (nSPS) is 17.7. The molecule has 1 fully saturated rings. The fourth-order valence-corrected chi connectivity index (χ4v) is 2.45. The predicted molar refractivity (Wildman–Crippen MR) is 68.5 cm³/mol. The second-order valence-corrected chi connectivity index (χ2v) is 5.11. The second-order valence-electron chi connectivity index (χ2n) is 5.11. The molecule has 0 atom stereocenters. The largest absolute Gasteiger partial charge is 0.481 e. The number of aryl methyl sites for hydroxylation is 1. The first-order chi connectivity index (χ1) is 9.17.